The molecule has 4 N–H and O–H groups in total. The number of fused-ring (bicyclic) bond motifs is 1. The number of rotatable bonds is 8. The van der Waals surface area contributed by atoms with Gasteiger partial charge in [0, 0.05) is 55.0 Å². The van der Waals surface area contributed by atoms with E-state index in [9.17, 15) is 8.78 Å². The molecule has 3 aromatic rings. The summed E-state index contributed by atoms with van der Waals surface area (Å²) in [7, 11) is 0. The van der Waals surface area contributed by atoms with Crippen LogP contribution in [0.15, 0.2) is 46.2 Å². The Labute approximate surface area is 208 Å². The van der Waals surface area contributed by atoms with Crippen molar-refractivity contribution in [2.24, 2.45) is 9.98 Å². The number of aromatic nitrogens is 3. The molecule has 1 aliphatic rings. The number of aliphatic imine (C=N–C) groups is 2. The van der Waals surface area contributed by atoms with Crippen LogP contribution in [0.1, 0.15) is 25.2 Å². The monoisotopic (exact) mass is 496 g/mol. The van der Waals surface area contributed by atoms with Crippen LogP contribution in [0.25, 0.3) is 17.0 Å². The highest BCUT2D eigenvalue weighted by atomic mass is 19.1. The molecule has 0 bridgehead atoms. The lowest BCUT2D eigenvalue weighted by Crippen LogP contribution is -2.51. The van der Waals surface area contributed by atoms with E-state index in [4.69, 9.17) is 4.74 Å². The summed E-state index contributed by atoms with van der Waals surface area (Å²) in [4.78, 5) is 13.5. The fourth-order valence-electron chi connectivity index (χ4n) is 4.02. The van der Waals surface area contributed by atoms with Crippen LogP contribution in [-0.2, 0) is 0 Å². The third kappa shape index (κ3) is 5.80. The second-order valence-electron chi connectivity index (χ2n) is 8.52. The van der Waals surface area contributed by atoms with E-state index in [-0.39, 0.29) is 29.4 Å². The molecule has 0 amide bonds. The number of nitrogens with one attached hydrogen (secondary N) is 4. The van der Waals surface area contributed by atoms with Crippen molar-refractivity contribution in [1.29, 1.82) is 0 Å². The van der Waals surface area contributed by atoms with Crippen LogP contribution in [0.5, 0.6) is 5.75 Å². The maximum atomic E-state index is 14.9. The molecule has 36 heavy (non-hydrogen) atoms. The molecular weight excluding hydrogens is 466 g/mol. The zero-order valence-corrected chi connectivity index (χ0v) is 20.5. The molecule has 1 atom stereocenters. The minimum Gasteiger partial charge on any atom is -0.468 e. The molecule has 0 aliphatic carbocycles. The Balaban J connectivity index is 1.58. The van der Waals surface area contributed by atoms with Gasteiger partial charge in [0.05, 0.1) is 11.2 Å². The predicted octanol–water partition coefficient (Wildman–Crippen LogP) is 4.19. The van der Waals surface area contributed by atoms with Gasteiger partial charge in [-0.05, 0) is 39.6 Å². The van der Waals surface area contributed by atoms with Crippen molar-refractivity contribution in [1.82, 2.24) is 25.4 Å². The van der Waals surface area contributed by atoms with Crippen molar-refractivity contribution in [2.75, 3.05) is 31.7 Å². The minimum atomic E-state index is -0.635. The number of hydrogen-bond donors (Lipinski definition) is 4. The molecule has 0 radical (unpaired) electrons. The molecule has 0 spiro atoms. The topological polar surface area (TPSA) is 106 Å². The van der Waals surface area contributed by atoms with Gasteiger partial charge < -0.3 is 25.3 Å². The predicted molar refractivity (Wildman–Crippen MR) is 139 cm³/mol. The number of H-pyrrole nitrogens is 2. The number of aryl methyl sites for hydroxylation is 1. The summed E-state index contributed by atoms with van der Waals surface area (Å²) in [5.74, 6) is 0.144. The SMILES string of the molecule is C=N/C(=C\C(=N/COc1cc(F)c2[nH]c(C)cc2c1F)N1CCNC(C)C1)Nc1cc(/C=C/C)[nH]n1. The van der Waals surface area contributed by atoms with Gasteiger partial charge in [-0.2, -0.15) is 5.10 Å². The van der Waals surface area contributed by atoms with Gasteiger partial charge in [0.1, 0.15) is 11.7 Å². The van der Waals surface area contributed by atoms with E-state index in [0.717, 1.165) is 18.3 Å². The van der Waals surface area contributed by atoms with E-state index >= 15 is 0 Å². The van der Waals surface area contributed by atoms with Crippen LogP contribution in [0.2, 0.25) is 0 Å². The first-order chi connectivity index (χ1) is 17.4. The van der Waals surface area contributed by atoms with Crippen molar-refractivity contribution in [3.8, 4) is 5.75 Å². The summed E-state index contributed by atoms with van der Waals surface area (Å²) in [5, 5.41) is 13.8. The van der Waals surface area contributed by atoms with Crippen molar-refractivity contribution in [3.05, 3.63) is 59.2 Å². The van der Waals surface area contributed by atoms with Gasteiger partial charge in [0.15, 0.2) is 29.9 Å². The summed E-state index contributed by atoms with van der Waals surface area (Å²) in [6.45, 7) is 11.3. The lowest BCUT2D eigenvalue weighted by molar-refractivity contribution is 0.290. The van der Waals surface area contributed by atoms with Crippen LogP contribution in [0.4, 0.5) is 14.6 Å². The van der Waals surface area contributed by atoms with Gasteiger partial charge in [-0.3, -0.25) is 5.10 Å². The highest BCUT2D eigenvalue weighted by molar-refractivity contribution is 5.94. The number of aromatic amines is 2. The van der Waals surface area contributed by atoms with E-state index in [0.29, 0.717) is 36.3 Å². The lowest BCUT2D eigenvalue weighted by Gasteiger charge is -2.33. The molecule has 2 aromatic heterocycles. The average molecular weight is 497 g/mol. The summed E-state index contributed by atoms with van der Waals surface area (Å²) >= 11 is 0. The van der Waals surface area contributed by atoms with Gasteiger partial charge in [0.25, 0.3) is 0 Å². The van der Waals surface area contributed by atoms with Crippen LogP contribution < -0.4 is 15.4 Å². The van der Waals surface area contributed by atoms with Gasteiger partial charge in [-0.25, -0.2) is 18.8 Å². The fourth-order valence-corrected chi connectivity index (χ4v) is 4.02. The maximum absolute atomic E-state index is 14.9. The van der Waals surface area contributed by atoms with E-state index in [1.807, 2.05) is 25.1 Å². The second kappa shape index (κ2) is 11.2. The molecule has 3 heterocycles. The zero-order valence-electron chi connectivity index (χ0n) is 20.5. The van der Waals surface area contributed by atoms with Crippen molar-refractivity contribution >= 4 is 35.3 Å². The van der Waals surface area contributed by atoms with E-state index in [2.05, 4.69) is 54.3 Å². The minimum absolute atomic E-state index is 0.114. The first-order valence-corrected chi connectivity index (χ1v) is 11.6. The van der Waals surface area contributed by atoms with E-state index in [1.54, 1.807) is 19.1 Å². The number of halogens is 2. The largest absolute Gasteiger partial charge is 0.468 e. The maximum Gasteiger partial charge on any atom is 0.181 e. The van der Waals surface area contributed by atoms with Gasteiger partial charge in [-0.1, -0.05) is 6.08 Å². The molecule has 1 aromatic carbocycles. The Morgan fingerprint density at radius 1 is 1.36 bits per heavy atom. The Hall–Kier alpha value is -3.99. The zero-order chi connectivity index (χ0) is 25.7. The third-order valence-electron chi connectivity index (χ3n) is 5.68. The fraction of sp³-hybridized carbons (Fsp3) is 0.320. The van der Waals surface area contributed by atoms with E-state index < -0.39 is 11.6 Å². The number of amidine groups is 1. The number of anilines is 1. The third-order valence-corrected chi connectivity index (χ3v) is 5.68. The molecule has 11 heteroatoms. The quantitative estimate of drug-likeness (QED) is 0.276. The molecule has 0 saturated carbocycles. The highest BCUT2D eigenvalue weighted by Crippen LogP contribution is 2.29. The number of piperazine rings is 1. The van der Waals surface area contributed by atoms with Crippen molar-refractivity contribution in [2.45, 2.75) is 26.8 Å². The van der Waals surface area contributed by atoms with Crippen LogP contribution in [-0.4, -0.2) is 65.0 Å². The van der Waals surface area contributed by atoms with Crippen LogP contribution in [0, 0.1) is 18.6 Å². The molecule has 1 unspecified atom stereocenters. The Morgan fingerprint density at radius 3 is 2.94 bits per heavy atom. The standard InChI is InChI=1S/C25H30F2N8O/c1-5-6-17-10-22(34-33-17)32-21(28-4)12-23(35-8-7-29-16(3)13-35)30-14-36-20-11-19(26)25-18(24(20)27)9-15(2)31-25/h5-6,9-12,16,29,31H,4,7-8,13-14H2,1-3H3,(H2,32,33,34)/b6-5+,21-12+,30-23+. The number of nitrogens with zero attached hydrogens (tertiary/aromatic N) is 4. The Kier molecular flexibility index (Phi) is 7.79. The molecule has 9 nitrogen and oxygen atoms in total. The first kappa shape index (κ1) is 25.1. The van der Waals surface area contributed by atoms with Crippen molar-refractivity contribution in [3.63, 3.8) is 0 Å². The van der Waals surface area contributed by atoms with Crippen molar-refractivity contribution < 1.29 is 13.5 Å². The number of hydrogen-bond acceptors (Lipinski definition) is 6. The van der Waals surface area contributed by atoms with Gasteiger partial charge in [-0.15, -0.1) is 0 Å². The number of benzene rings is 1. The van der Waals surface area contributed by atoms with Gasteiger partial charge >= 0.3 is 0 Å². The normalized spacial score (nSPS) is 17.2. The average Bonchev–Trinajstić information content (AvgIpc) is 3.47. The summed E-state index contributed by atoms with van der Waals surface area (Å²) < 4.78 is 34.9. The first-order valence-electron chi connectivity index (χ1n) is 11.6. The highest BCUT2D eigenvalue weighted by Gasteiger charge is 2.19. The Morgan fingerprint density at radius 2 is 2.19 bits per heavy atom. The molecule has 1 saturated heterocycles. The molecule has 1 aliphatic heterocycles. The lowest BCUT2D eigenvalue weighted by atomic mass is 10.2. The summed E-state index contributed by atoms with van der Waals surface area (Å²) in [5.41, 5.74) is 1.61. The summed E-state index contributed by atoms with van der Waals surface area (Å²) in [6.07, 6.45) is 5.52. The smallest absolute Gasteiger partial charge is 0.181 e. The molecular formula is C25H30F2N8O. The van der Waals surface area contributed by atoms with Gasteiger partial charge in [0.2, 0.25) is 0 Å². The number of ether oxygens (including phenoxy) is 1. The molecule has 4 rings (SSSR count). The number of allylic oxidation sites excluding steroid dienone is 1. The molecule has 1 fully saturated rings. The molecule has 190 valence electrons. The second-order valence-corrected chi connectivity index (χ2v) is 8.52. The van der Waals surface area contributed by atoms with Crippen LogP contribution >= 0.6 is 0 Å². The van der Waals surface area contributed by atoms with E-state index in [1.165, 1.54) is 0 Å². The summed E-state index contributed by atoms with van der Waals surface area (Å²) in [6, 6.07) is 4.66. The van der Waals surface area contributed by atoms with Crippen LogP contribution in [0.3, 0.4) is 0 Å². The Bertz CT molecular complexity index is 1320.